The summed E-state index contributed by atoms with van der Waals surface area (Å²) in [6.45, 7) is 0. The van der Waals surface area contributed by atoms with Gasteiger partial charge in [0.25, 0.3) is 0 Å². The van der Waals surface area contributed by atoms with E-state index in [-0.39, 0.29) is 31.0 Å². The van der Waals surface area contributed by atoms with Crippen LogP contribution in [-0.2, 0) is 23.7 Å². The molecule has 0 saturated heterocycles. The minimum absolute atomic E-state index is 0. The first-order chi connectivity index (χ1) is 8.50. The van der Waals surface area contributed by atoms with E-state index in [9.17, 15) is 28.6 Å². The molecule has 0 aliphatic heterocycles. The van der Waals surface area contributed by atoms with Crippen molar-refractivity contribution in [2.75, 3.05) is 0 Å². The Balaban J connectivity index is -0.00000162. The number of carbonyl (C=O) groups is 4. The van der Waals surface area contributed by atoms with Gasteiger partial charge in [-0.1, -0.05) is 0 Å². The Morgan fingerprint density at radius 3 is 1.25 bits per heavy atom. The number of hydrogen-bond acceptors (Lipinski definition) is 5. The second-order valence-electron chi connectivity index (χ2n) is 3.58. The van der Waals surface area contributed by atoms with Crippen molar-refractivity contribution in [1.82, 2.24) is 0 Å². The standard InChI is InChI=1S/C8H11O10P.Na.H/c9-5(10)1-3(7(13)14)19(17,18)4(8(15)16)2-6(11)12;;/h3-4H,1-2H2,(H,9,10)(H,11,12)(H,13,14)(H,15,16)(H,17,18);;/q;+1;-1. The third kappa shape index (κ3) is 6.02. The predicted octanol–water partition coefficient (Wildman–Crippen LogP) is -3.77. The first-order valence-electron chi connectivity index (χ1n) is 4.71. The zero-order valence-electron chi connectivity index (χ0n) is 11.3. The van der Waals surface area contributed by atoms with Crippen molar-refractivity contribution in [3.8, 4) is 0 Å². The average Bonchev–Trinajstić information content (AvgIpc) is 2.20. The van der Waals surface area contributed by atoms with Crippen molar-refractivity contribution in [2.24, 2.45) is 0 Å². The summed E-state index contributed by atoms with van der Waals surface area (Å²) in [7, 11) is -5.09. The van der Waals surface area contributed by atoms with Crippen LogP contribution < -0.4 is 29.6 Å². The third-order valence-corrected chi connectivity index (χ3v) is 4.79. The molecule has 0 bridgehead atoms. The number of hydrogen-bond donors (Lipinski definition) is 5. The molecule has 0 heterocycles. The van der Waals surface area contributed by atoms with E-state index in [1.807, 2.05) is 0 Å². The Hall–Kier alpha value is -0.930. The zero-order chi connectivity index (χ0) is 15.4. The molecule has 5 N–H and O–H groups in total. The average molecular weight is 322 g/mol. The van der Waals surface area contributed by atoms with Gasteiger partial charge in [0, 0.05) is 0 Å². The van der Waals surface area contributed by atoms with Crippen molar-refractivity contribution in [2.45, 2.75) is 24.2 Å². The Bertz CT molecular complexity index is 428. The van der Waals surface area contributed by atoms with Crippen LogP contribution in [0.4, 0.5) is 0 Å². The van der Waals surface area contributed by atoms with E-state index in [0.717, 1.165) is 0 Å². The summed E-state index contributed by atoms with van der Waals surface area (Å²) in [5, 5.41) is 34.3. The summed E-state index contributed by atoms with van der Waals surface area (Å²) in [5.74, 6) is -7.41. The molecular weight excluding hydrogens is 310 g/mol. The second kappa shape index (κ2) is 8.38. The maximum absolute atomic E-state index is 11.8. The number of aliphatic carboxylic acids is 4. The molecule has 0 radical (unpaired) electrons. The number of carboxylic acid groups (broad SMARTS) is 4. The van der Waals surface area contributed by atoms with Crippen molar-refractivity contribution in [1.29, 1.82) is 0 Å². The van der Waals surface area contributed by atoms with Crippen molar-refractivity contribution in [3.63, 3.8) is 0 Å². The maximum Gasteiger partial charge on any atom is 1.00 e. The molecular formula is C8H12NaO10P. The molecule has 12 heteroatoms. The Kier molecular flexibility index (Phi) is 8.95. The Morgan fingerprint density at radius 2 is 1.10 bits per heavy atom. The minimum atomic E-state index is -5.09. The van der Waals surface area contributed by atoms with Crippen LogP contribution in [-0.4, -0.2) is 60.5 Å². The van der Waals surface area contributed by atoms with Crippen LogP contribution >= 0.6 is 7.37 Å². The van der Waals surface area contributed by atoms with E-state index >= 15 is 0 Å². The van der Waals surface area contributed by atoms with Crippen LogP contribution in [0.2, 0.25) is 0 Å². The SMILES string of the molecule is O=C(O)CC(C(=O)O)P(=O)(O)C(CC(=O)O)C(=O)O.[H-].[Na+]. The van der Waals surface area contributed by atoms with Gasteiger partial charge in [0.2, 0.25) is 7.37 Å². The van der Waals surface area contributed by atoms with Gasteiger partial charge in [-0.05, 0) is 0 Å². The largest absolute Gasteiger partial charge is 1.00 e. The van der Waals surface area contributed by atoms with Gasteiger partial charge < -0.3 is 26.7 Å². The van der Waals surface area contributed by atoms with E-state index in [1.54, 1.807) is 0 Å². The van der Waals surface area contributed by atoms with Gasteiger partial charge in [-0.3, -0.25) is 23.7 Å². The minimum Gasteiger partial charge on any atom is -1.00 e. The fraction of sp³-hybridized carbons (Fsp3) is 0.500. The van der Waals surface area contributed by atoms with E-state index in [0.29, 0.717) is 0 Å². The molecule has 0 aliphatic rings. The fourth-order valence-corrected chi connectivity index (χ4v) is 3.20. The first-order valence-corrected chi connectivity index (χ1v) is 6.51. The van der Waals surface area contributed by atoms with Gasteiger partial charge in [0.15, 0.2) is 0 Å². The van der Waals surface area contributed by atoms with Crippen molar-refractivity contribution >= 4 is 31.2 Å². The summed E-state index contributed by atoms with van der Waals surface area (Å²) >= 11 is 0. The molecule has 0 aromatic heterocycles. The molecule has 2 atom stereocenters. The van der Waals surface area contributed by atoms with E-state index in [4.69, 9.17) is 20.4 Å². The summed E-state index contributed by atoms with van der Waals surface area (Å²) < 4.78 is 11.8. The molecule has 0 aromatic carbocycles. The normalized spacial score (nSPS) is 16.1. The molecule has 0 spiro atoms. The quantitative estimate of drug-likeness (QED) is 0.219. The van der Waals surface area contributed by atoms with Gasteiger partial charge in [-0.25, -0.2) is 0 Å². The van der Waals surface area contributed by atoms with Crippen LogP contribution in [0.15, 0.2) is 0 Å². The van der Waals surface area contributed by atoms with Gasteiger partial charge >= 0.3 is 53.4 Å². The number of carboxylic acids is 4. The Labute approximate surface area is 135 Å². The van der Waals surface area contributed by atoms with Crippen LogP contribution in [0.5, 0.6) is 0 Å². The molecule has 20 heavy (non-hydrogen) atoms. The molecule has 2 unspecified atom stereocenters. The molecule has 0 aliphatic carbocycles. The molecule has 0 fully saturated rings. The zero-order valence-corrected chi connectivity index (χ0v) is 13.2. The molecule has 0 amide bonds. The summed E-state index contributed by atoms with van der Waals surface area (Å²) in [6, 6.07) is 0. The van der Waals surface area contributed by atoms with Crippen molar-refractivity contribution < 1.29 is 80.0 Å². The van der Waals surface area contributed by atoms with Gasteiger partial charge in [-0.2, -0.15) is 0 Å². The van der Waals surface area contributed by atoms with Gasteiger partial charge in [0.1, 0.15) is 11.3 Å². The van der Waals surface area contributed by atoms with Crippen LogP contribution in [0.1, 0.15) is 14.3 Å². The topological polar surface area (TPSA) is 186 Å². The van der Waals surface area contributed by atoms with Crippen LogP contribution in [0.25, 0.3) is 0 Å². The summed E-state index contributed by atoms with van der Waals surface area (Å²) in [5.41, 5.74) is -4.77. The monoisotopic (exact) mass is 322 g/mol. The maximum atomic E-state index is 11.8. The molecule has 0 saturated carbocycles. The van der Waals surface area contributed by atoms with Crippen LogP contribution in [0.3, 0.4) is 0 Å². The summed E-state index contributed by atoms with van der Waals surface area (Å²) in [4.78, 5) is 51.9. The second-order valence-corrected chi connectivity index (χ2v) is 6.17. The van der Waals surface area contributed by atoms with E-state index in [2.05, 4.69) is 0 Å². The first kappa shape index (κ1) is 21.4. The molecule has 0 aromatic rings. The van der Waals surface area contributed by atoms with Gasteiger partial charge in [0.05, 0.1) is 12.8 Å². The van der Waals surface area contributed by atoms with E-state index < -0.39 is 55.4 Å². The van der Waals surface area contributed by atoms with Gasteiger partial charge in [-0.15, -0.1) is 0 Å². The third-order valence-electron chi connectivity index (χ3n) is 2.20. The van der Waals surface area contributed by atoms with Crippen molar-refractivity contribution in [3.05, 3.63) is 0 Å². The number of rotatable bonds is 8. The van der Waals surface area contributed by atoms with E-state index in [1.165, 1.54) is 0 Å². The predicted molar refractivity (Wildman–Crippen MR) is 58.3 cm³/mol. The molecule has 110 valence electrons. The summed E-state index contributed by atoms with van der Waals surface area (Å²) in [6.07, 6.45) is -2.57. The molecule has 0 rings (SSSR count). The van der Waals surface area contributed by atoms with Crippen LogP contribution in [0, 0.1) is 0 Å². The Morgan fingerprint density at radius 1 is 0.850 bits per heavy atom. The molecule has 10 nitrogen and oxygen atoms in total. The fourth-order valence-electron chi connectivity index (χ4n) is 1.30. The smallest absolute Gasteiger partial charge is 1.00 e.